The highest BCUT2D eigenvalue weighted by Crippen LogP contribution is 2.38. The molecule has 0 fully saturated rings. The molecule has 0 atom stereocenters. The number of carbonyl (C=O) groups excluding carboxylic acids is 1. The zero-order chi connectivity index (χ0) is 24.2. The Morgan fingerprint density at radius 2 is 1.61 bits per heavy atom. The molecule has 0 unspecified atom stereocenters. The summed E-state index contributed by atoms with van der Waals surface area (Å²) >= 11 is 3.28. The molecule has 0 radical (unpaired) electrons. The molecule has 0 heterocycles. The fourth-order valence-corrected chi connectivity index (χ4v) is 3.64. The van der Waals surface area contributed by atoms with Gasteiger partial charge in [0.2, 0.25) is 0 Å². The maximum atomic E-state index is 13.5. The Hall–Kier alpha value is -3.07. The number of amides is 1. The largest absolute Gasteiger partial charge is 0.497 e. The van der Waals surface area contributed by atoms with Gasteiger partial charge in [-0.05, 0) is 58.7 Å². The summed E-state index contributed by atoms with van der Waals surface area (Å²) in [6.45, 7) is 0.143. The van der Waals surface area contributed by atoms with Gasteiger partial charge >= 0.3 is 6.18 Å². The quantitative estimate of drug-likeness (QED) is 0.288. The second-order valence-electron chi connectivity index (χ2n) is 7.14. The van der Waals surface area contributed by atoms with E-state index >= 15 is 0 Å². The predicted molar refractivity (Wildman–Crippen MR) is 120 cm³/mol. The van der Waals surface area contributed by atoms with Crippen LogP contribution < -0.4 is 14.8 Å². The van der Waals surface area contributed by atoms with Gasteiger partial charge in [0.25, 0.3) is 5.91 Å². The molecule has 0 saturated heterocycles. The van der Waals surface area contributed by atoms with E-state index in [0.717, 1.165) is 12.1 Å². The highest BCUT2D eigenvalue weighted by Gasteiger charge is 2.34. The lowest BCUT2D eigenvalue weighted by atomic mass is 9.95. The average Bonchev–Trinajstić information content (AvgIpc) is 2.81. The van der Waals surface area contributed by atoms with Gasteiger partial charge in [0.15, 0.2) is 0 Å². The molecule has 0 aromatic heterocycles. The van der Waals surface area contributed by atoms with Gasteiger partial charge < -0.3 is 14.8 Å². The van der Waals surface area contributed by atoms with Crippen LogP contribution >= 0.6 is 15.9 Å². The molecule has 1 N–H and O–H groups in total. The molecule has 0 saturated carbocycles. The maximum absolute atomic E-state index is 13.5. The Morgan fingerprint density at radius 1 is 0.939 bits per heavy atom. The van der Waals surface area contributed by atoms with Crippen molar-refractivity contribution in [2.75, 3.05) is 14.2 Å². The summed E-state index contributed by atoms with van der Waals surface area (Å²) in [5, 5.41) is 3.07. The van der Waals surface area contributed by atoms with Crippen LogP contribution in [0.25, 0.3) is 11.1 Å². The van der Waals surface area contributed by atoms with Crippen molar-refractivity contribution in [3.05, 3.63) is 82.7 Å². The molecule has 33 heavy (non-hydrogen) atoms. The van der Waals surface area contributed by atoms with E-state index in [0.29, 0.717) is 34.0 Å². The van der Waals surface area contributed by atoms with Crippen LogP contribution in [-0.2, 0) is 18.1 Å². The van der Waals surface area contributed by atoms with Gasteiger partial charge in [0.1, 0.15) is 17.3 Å². The number of benzene rings is 3. The summed E-state index contributed by atoms with van der Waals surface area (Å²) in [6.07, 6.45) is -4.75. The van der Waals surface area contributed by atoms with Crippen molar-refractivity contribution in [1.82, 2.24) is 5.32 Å². The van der Waals surface area contributed by atoms with E-state index in [1.165, 1.54) is 26.4 Å². The van der Waals surface area contributed by atoms with E-state index in [4.69, 9.17) is 9.47 Å². The van der Waals surface area contributed by atoms with Gasteiger partial charge in [-0.2, -0.15) is 13.2 Å². The SMILES string of the molecule is COc1cc(CNC(=O)c2cc(CBr)cc(-c3ccc(F)cc3C(F)(F)F)c2)cc(OC)c1. The van der Waals surface area contributed by atoms with Gasteiger partial charge in [0.05, 0.1) is 19.8 Å². The third-order valence-electron chi connectivity index (χ3n) is 4.87. The Bertz CT molecular complexity index is 1140. The summed E-state index contributed by atoms with van der Waals surface area (Å²) < 4.78 is 64.5. The van der Waals surface area contributed by atoms with E-state index < -0.39 is 23.5 Å². The summed E-state index contributed by atoms with van der Waals surface area (Å²) in [5.74, 6) is -0.359. The number of methoxy groups -OCH3 is 2. The predicted octanol–water partition coefficient (Wildman–Crippen LogP) is 6.35. The lowest BCUT2D eigenvalue weighted by Crippen LogP contribution is -2.23. The number of halogens is 5. The minimum absolute atomic E-state index is 0.143. The third-order valence-corrected chi connectivity index (χ3v) is 5.52. The molecule has 1 amide bonds. The van der Waals surface area contributed by atoms with Gasteiger partial charge in [-0.1, -0.05) is 28.1 Å². The van der Waals surface area contributed by atoms with Crippen molar-refractivity contribution in [3.8, 4) is 22.6 Å². The summed E-state index contributed by atoms with van der Waals surface area (Å²) in [4.78, 5) is 12.8. The number of alkyl halides is 4. The monoisotopic (exact) mass is 525 g/mol. The molecule has 0 bridgehead atoms. The summed E-state index contributed by atoms with van der Waals surface area (Å²) in [5.41, 5.74) is 0.330. The van der Waals surface area contributed by atoms with Gasteiger partial charge in [-0.15, -0.1) is 0 Å². The van der Waals surface area contributed by atoms with E-state index in [9.17, 15) is 22.4 Å². The lowest BCUT2D eigenvalue weighted by Gasteiger charge is -2.15. The van der Waals surface area contributed by atoms with Crippen LogP contribution in [-0.4, -0.2) is 20.1 Å². The first-order chi connectivity index (χ1) is 15.6. The fraction of sp³-hybridized carbons (Fsp3) is 0.208. The van der Waals surface area contributed by atoms with Crippen molar-refractivity contribution in [3.63, 3.8) is 0 Å². The summed E-state index contributed by atoms with van der Waals surface area (Å²) in [7, 11) is 3.02. The number of carbonyl (C=O) groups is 1. The van der Waals surface area contributed by atoms with Gasteiger partial charge in [0, 0.05) is 23.5 Å². The molecule has 0 aliphatic carbocycles. The van der Waals surface area contributed by atoms with Gasteiger partial charge in [-0.3, -0.25) is 4.79 Å². The number of nitrogens with one attached hydrogen (secondary N) is 1. The lowest BCUT2D eigenvalue weighted by molar-refractivity contribution is -0.137. The van der Waals surface area contributed by atoms with Crippen molar-refractivity contribution < 1.29 is 31.8 Å². The van der Waals surface area contributed by atoms with Crippen LogP contribution in [0, 0.1) is 5.82 Å². The molecular weight excluding hydrogens is 506 g/mol. The van der Waals surface area contributed by atoms with E-state index in [-0.39, 0.29) is 23.2 Å². The first kappa shape index (κ1) is 24.6. The van der Waals surface area contributed by atoms with Crippen molar-refractivity contribution >= 4 is 21.8 Å². The first-order valence-corrected chi connectivity index (χ1v) is 10.8. The van der Waals surface area contributed by atoms with Crippen molar-refractivity contribution in [2.24, 2.45) is 0 Å². The molecule has 0 spiro atoms. The minimum Gasteiger partial charge on any atom is -0.497 e. The zero-order valence-corrected chi connectivity index (χ0v) is 19.3. The van der Waals surface area contributed by atoms with E-state index in [2.05, 4.69) is 21.2 Å². The maximum Gasteiger partial charge on any atom is 0.417 e. The van der Waals surface area contributed by atoms with E-state index in [1.807, 2.05) is 0 Å². The Labute approximate surface area is 196 Å². The Morgan fingerprint density at radius 3 is 2.18 bits per heavy atom. The second kappa shape index (κ2) is 10.2. The molecule has 3 rings (SSSR count). The summed E-state index contributed by atoms with van der Waals surface area (Å²) in [6, 6.07) is 12.1. The molecule has 3 aromatic carbocycles. The van der Waals surface area contributed by atoms with Crippen molar-refractivity contribution in [1.29, 1.82) is 0 Å². The first-order valence-electron chi connectivity index (χ1n) is 9.71. The zero-order valence-electron chi connectivity index (χ0n) is 17.7. The fourth-order valence-electron chi connectivity index (χ4n) is 3.31. The molecule has 0 aliphatic heterocycles. The third kappa shape index (κ3) is 6.04. The number of rotatable bonds is 7. The Balaban J connectivity index is 1.93. The number of hydrogen-bond donors (Lipinski definition) is 1. The normalized spacial score (nSPS) is 11.2. The molecule has 0 aliphatic rings. The Kier molecular flexibility index (Phi) is 7.63. The molecular formula is C24H20BrF4NO3. The number of hydrogen-bond acceptors (Lipinski definition) is 3. The highest BCUT2D eigenvalue weighted by molar-refractivity contribution is 9.08. The minimum atomic E-state index is -4.75. The van der Waals surface area contributed by atoms with Crippen LogP contribution in [0.1, 0.15) is 27.0 Å². The molecule has 4 nitrogen and oxygen atoms in total. The van der Waals surface area contributed by atoms with Crippen LogP contribution in [0.5, 0.6) is 11.5 Å². The average molecular weight is 526 g/mol. The van der Waals surface area contributed by atoms with Crippen LogP contribution in [0.2, 0.25) is 0 Å². The van der Waals surface area contributed by atoms with Crippen LogP contribution in [0.4, 0.5) is 17.6 Å². The standard InChI is InChI=1S/C24H20BrF4NO3/c1-32-19-7-15(8-20(11-19)33-2)13-30-23(31)17-6-14(12-25)5-16(9-17)21-4-3-18(26)10-22(21)24(27,28)29/h3-11H,12-13H2,1-2H3,(H,30,31). The second-order valence-corrected chi connectivity index (χ2v) is 7.70. The molecule has 9 heteroatoms. The van der Waals surface area contributed by atoms with E-state index in [1.54, 1.807) is 24.3 Å². The topological polar surface area (TPSA) is 47.6 Å². The highest BCUT2D eigenvalue weighted by atomic mass is 79.9. The van der Waals surface area contributed by atoms with Crippen molar-refractivity contribution in [2.45, 2.75) is 18.1 Å². The number of ether oxygens (including phenoxy) is 2. The van der Waals surface area contributed by atoms with Crippen LogP contribution in [0.3, 0.4) is 0 Å². The smallest absolute Gasteiger partial charge is 0.417 e. The molecule has 174 valence electrons. The molecule has 3 aromatic rings. The van der Waals surface area contributed by atoms with Gasteiger partial charge in [-0.25, -0.2) is 4.39 Å². The van der Waals surface area contributed by atoms with Crippen LogP contribution in [0.15, 0.2) is 54.6 Å².